The van der Waals surface area contributed by atoms with Crippen LogP contribution in [0.5, 0.6) is 0 Å². The van der Waals surface area contributed by atoms with Crippen LogP contribution in [0.1, 0.15) is 12.8 Å². The first kappa shape index (κ1) is 14.5. The molecule has 0 unspecified atom stereocenters. The zero-order chi connectivity index (χ0) is 15.6. The summed E-state index contributed by atoms with van der Waals surface area (Å²) in [7, 11) is 0. The summed E-state index contributed by atoms with van der Waals surface area (Å²) in [5.41, 5.74) is 1.89. The molecule has 23 heavy (non-hydrogen) atoms. The first-order valence-electron chi connectivity index (χ1n) is 7.64. The van der Waals surface area contributed by atoms with E-state index in [1.54, 1.807) is 0 Å². The van der Waals surface area contributed by atoms with Crippen molar-refractivity contribution in [3.63, 3.8) is 0 Å². The Hall–Kier alpha value is -2.06. The first-order valence-corrected chi connectivity index (χ1v) is 8.62. The number of carbonyl (C=O) groups is 1. The van der Waals surface area contributed by atoms with Gasteiger partial charge in [-0.25, -0.2) is 10.1 Å². The second-order valence-electron chi connectivity index (χ2n) is 5.49. The van der Waals surface area contributed by atoms with Crippen molar-refractivity contribution in [2.24, 2.45) is 0 Å². The zero-order valence-electron chi connectivity index (χ0n) is 12.5. The highest BCUT2D eigenvalue weighted by Crippen LogP contribution is 2.22. The van der Waals surface area contributed by atoms with E-state index in [2.05, 4.69) is 20.5 Å². The average molecular weight is 331 g/mol. The van der Waals surface area contributed by atoms with E-state index in [1.807, 2.05) is 28.7 Å². The van der Waals surface area contributed by atoms with E-state index in [0.717, 1.165) is 35.6 Å². The Balaban J connectivity index is 1.42. The number of para-hydroxylation sites is 2. The molecule has 2 aromatic heterocycles. The number of nitrogens with zero attached hydrogens (tertiary/aromatic N) is 3. The highest BCUT2D eigenvalue weighted by atomic mass is 32.2. The number of nitrogens with one attached hydrogen (secondary N) is 2. The molecule has 4 rings (SSSR count). The van der Waals surface area contributed by atoms with Crippen LogP contribution in [0, 0.1) is 0 Å². The van der Waals surface area contributed by atoms with Gasteiger partial charge in [0.2, 0.25) is 11.7 Å². The third-order valence-electron chi connectivity index (χ3n) is 3.89. The molecule has 1 saturated heterocycles. The number of ether oxygens (including phenoxy) is 1. The number of thioether (sulfide) groups is 1. The topological polar surface area (TPSA) is 84.3 Å². The van der Waals surface area contributed by atoms with Crippen LogP contribution in [0.15, 0.2) is 29.4 Å². The Kier molecular flexibility index (Phi) is 3.92. The standard InChI is InChI=1S/C15H17N5O2S/c21-13(16-8-10-4-3-7-22-10)9-23-15-19-18-14-17-11-5-1-2-6-12(11)20(14)15/h1-2,5-6,10H,3-4,7-9H2,(H,16,21)(H,17,18)/t10-/m0/s1. The number of aromatic amines is 1. The van der Waals surface area contributed by atoms with Gasteiger partial charge < -0.3 is 10.1 Å². The molecule has 8 heteroatoms. The predicted molar refractivity (Wildman–Crippen MR) is 87.6 cm³/mol. The number of hydrogen-bond donors (Lipinski definition) is 2. The largest absolute Gasteiger partial charge is 0.376 e. The molecule has 0 radical (unpaired) electrons. The van der Waals surface area contributed by atoms with Gasteiger partial charge in [0.15, 0.2) is 5.16 Å². The third-order valence-corrected chi connectivity index (χ3v) is 4.83. The Morgan fingerprint density at radius 3 is 3.26 bits per heavy atom. The van der Waals surface area contributed by atoms with Crippen LogP contribution in [0.25, 0.3) is 16.8 Å². The second kappa shape index (κ2) is 6.21. The van der Waals surface area contributed by atoms with Crippen LogP contribution in [-0.4, -0.2) is 50.5 Å². The fourth-order valence-electron chi connectivity index (χ4n) is 2.75. The lowest BCUT2D eigenvalue weighted by molar-refractivity contribution is -0.119. The lowest BCUT2D eigenvalue weighted by Gasteiger charge is -2.10. The minimum atomic E-state index is -0.00827. The molecule has 0 saturated carbocycles. The molecule has 7 nitrogen and oxygen atoms in total. The fraction of sp³-hybridized carbons (Fsp3) is 0.400. The van der Waals surface area contributed by atoms with Crippen molar-refractivity contribution >= 4 is 34.5 Å². The molecule has 3 aromatic rings. The molecular weight excluding hydrogens is 314 g/mol. The Bertz CT molecular complexity index is 837. The number of benzene rings is 1. The number of H-pyrrole nitrogens is 1. The molecular formula is C15H17N5O2S. The molecule has 1 aromatic carbocycles. The van der Waals surface area contributed by atoms with Crippen molar-refractivity contribution in [3.8, 4) is 0 Å². The molecule has 1 fully saturated rings. The van der Waals surface area contributed by atoms with E-state index < -0.39 is 0 Å². The van der Waals surface area contributed by atoms with Crippen molar-refractivity contribution in [2.45, 2.75) is 24.1 Å². The van der Waals surface area contributed by atoms with Gasteiger partial charge >= 0.3 is 0 Å². The fourth-order valence-corrected chi connectivity index (χ4v) is 3.54. The molecule has 2 N–H and O–H groups in total. The van der Waals surface area contributed by atoms with Crippen LogP contribution in [0.4, 0.5) is 0 Å². The molecule has 120 valence electrons. The van der Waals surface area contributed by atoms with Crippen molar-refractivity contribution in [2.75, 3.05) is 18.9 Å². The summed E-state index contributed by atoms with van der Waals surface area (Å²) in [5.74, 6) is 0.999. The number of carbonyl (C=O) groups excluding carboxylic acids is 1. The molecule has 0 aliphatic carbocycles. The summed E-state index contributed by atoms with van der Waals surface area (Å²) in [4.78, 5) is 16.4. The SMILES string of the molecule is O=C(CSc1n[nH]c2nc3ccccc3n12)NC[C@@H]1CCCO1. The lowest BCUT2D eigenvalue weighted by Crippen LogP contribution is -2.32. The maximum Gasteiger partial charge on any atom is 0.231 e. The van der Waals surface area contributed by atoms with Gasteiger partial charge in [-0.3, -0.25) is 9.20 Å². The summed E-state index contributed by atoms with van der Waals surface area (Å²) in [5, 5.41) is 10.8. The maximum absolute atomic E-state index is 12.0. The van der Waals surface area contributed by atoms with Crippen LogP contribution in [0.2, 0.25) is 0 Å². The third kappa shape index (κ3) is 2.91. The van der Waals surface area contributed by atoms with Crippen molar-refractivity contribution in [1.29, 1.82) is 0 Å². The van der Waals surface area contributed by atoms with Crippen molar-refractivity contribution < 1.29 is 9.53 Å². The second-order valence-corrected chi connectivity index (χ2v) is 6.44. The first-order chi connectivity index (χ1) is 11.3. The minimum Gasteiger partial charge on any atom is -0.376 e. The number of fused-ring (bicyclic) bond motifs is 3. The summed E-state index contributed by atoms with van der Waals surface area (Å²) < 4.78 is 7.44. The molecule has 1 aliphatic rings. The number of imidazole rings is 1. The van der Waals surface area contributed by atoms with Gasteiger partial charge in [0, 0.05) is 13.2 Å². The van der Waals surface area contributed by atoms with E-state index in [-0.39, 0.29) is 12.0 Å². The van der Waals surface area contributed by atoms with E-state index in [4.69, 9.17) is 4.74 Å². The predicted octanol–water partition coefficient (Wildman–Crippen LogP) is 1.60. The van der Waals surface area contributed by atoms with Crippen LogP contribution < -0.4 is 5.32 Å². The van der Waals surface area contributed by atoms with E-state index in [9.17, 15) is 4.79 Å². The molecule has 0 bridgehead atoms. The summed E-state index contributed by atoms with van der Waals surface area (Å²) >= 11 is 1.39. The van der Waals surface area contributed by atoms with Gasteiger partial charge in [0.1, 0.15) is 0 Å². The van der Waals surface area contributed by atoms with Gasteiger partial charge in [0.05, 0.1) is 22.9 Å². The normalized spacial score (nSPS) is 18.0. The zero-order valence-corrected chi connectivity index (χ0v) is 13.3. The Morgan fingerprint density at radius 2 is 2.39 bits per heavy atom. The van der Waals surface area contributed by atoms with Crippen LogP contribution >= 0.6 is 11.8 Å². The number of amides is 1. The Labute approximate surface area is 136 Å². The van der Waals surface area contributed by atoms with Crippen LogP contribution in [-0.2, 0) is 9.53 Å². The van der Waals surface area contributed by atoms with Crippen LogP contribution in [0.3, 0.4) is 0 Å². The molecule has 1 atom stereocenters. The van der Waals surface area contributed by atoms with Gasteiger partial charge in [-0.15, -0.1) is 5.10 Å². The summed E-state index contributed by atoms with van der Waals surface area (Å²) in [6.45, 7) is 1.39. The number of hydrogen-bond acceptors (Lipinski definition) is 5. The van der Waals surface area contributed by atoms with E-state index in [0.29, 0.717) is 18.1 Å². The molecule has 0 spiro atoms. The van der Waals surface area contributed by atoms with E-state index >= 15 is 0 Å². The van der Waals surface area contributed by atoms with E-state index in [1.165, 1.54) is 11.8 Å². The van der Waals surface area contributed by atoms with Crippen molar-refractivity contribution in [3.05, 3.63) is 24.3 Å². The number of rotatable bonds is 5. The van der Waals surface area contributed by atoms with Gasteiger partial charge in [0.25, 0.3) is 0 Å². The molecule has 1 aliphatic heterocycles. The number of aromatic nitrogens is 4. The molecule has 1 amide bonds. The Morgan fingerprint density at radius 1 is 1.48 bits per heavy atom. The summed E-state index contributed by atoms with van der Waals surface area (Å²) in [6, 6.07) is 7.87. The summed E-state index contributed by atoms with van der Waals surface area (Å²) in [6.07, 6.45) is 2.27. The average Bonchev–Trinajstić information content (AvgIpc) is 3.27. The lowest BCUT2D eigenvalue weighted by atomic mass is 10.2. The monoisotopic (exact) mass is 331 g/mol. The highest BCUT2D eigenvalue weighted by molar-refractivity contribution is 7.99. The van der Waals surface area contributed by atoms with Gasteiger partial charge in [-0.2, -0.15) is 0 Å². The minimum absolute atomic E-state index is 0.00827. The maximum atomic E-state index is 12.0. The molecule has 3 heterocycles. The quantitative estimate of drug-likeness (QED) is 0.694. The smallest absolute Gasteiger partial charge is 0.231 e. The van der Waals surface area contributed by atoms with Gasteiger partial charge in [-0.05, 0) is 25.0 Å². The van der Waals surface area contributed by atoms with Gasteiger partial charge in [-0.1, -0.05) is 23.9 Å². The van der Waals surface area contributed by atoms with Crippen molar-refractivity contribution in [1.82, 2.24) is 24.9 Å². The highest BCUT2D eigenvalue weighted by Gasteiger charge is 2.17.